The third-order valence-corrected chi connectivity index (χ3v) is 2.36. The Balaban J connectivity index is 2.79. The molecule has 0 aliphatic carbocycles. The van der Waals surface area contributed by atoms with Gasteiger partial charge in [0, 0.05) is 18.2 Å². The molecule has 78 valence electrons. The third-order valence-electron chi connectivity index (χ3n) is 2.00. The zero-order chi connectivity index (χ0) is 10.6. The summed E-state index contributed by atoms with van der Waals surface area (Å²) < 4.78 is 0. The highest BCUT2D eigenvalue weighted by atomic mass is 35.5. The van der Waals surface area contributed by atoms with Gasteiger partial charge in [-0.2, -0.15) is 0 Å². The first kappa shape index (κ1) is 11.5. The van der Waals surface area contributed by atoms with Gasteiger partial charge in [-0.05, 0) is 37.7 Å². The van der Waals surface area contributed by atoms with Crippen LogP contribution in [0.25, 0.3) is 0 Å². The Kier molecular flexibility index (Phi) is 4.39. The van der Waals surface area contributed by atoms with Gasteiger partial charge in [-0.15, -0.1) is 0 Å². The van der Waals surface area contributed by atoms with E-state index in [1.54, 1.807) is 0 Å². The van der Waals surface area contributed by atoms with Crippen molar-refractivity contribution in [1.82, 2.24) is 4.90 Å². The summed E-state index contributed by atoms with van der Waals surface area (Å²) in [6.45, 7) is 1.02. The number of benzene rings is 1. The second-order valence-corrected chi connectivity index (χ2v) is 4.04. The van der Waals surface area contributed by atoms with Crippen molar-refractivity contribution in [2.45, 2.75) is 13.0 Å². The molecule has 1 aromatic rings. The van der Waals surface area contributed by atoms with Crippen LogP contribution in [0, 0.1) is 0 Å². The molecule has 0 radical (unpaired) electrons. The molecule has 0 aromatic heterocycles. The Bertz CT molecular complexity index is 299. The maximum Gasteiger partial charge on any atom is 0.0471 e. The first-order valence-corrected chi connectivity index (χ1v) is 5.04. The molecule has 0 unspecified atom stereocenters. The van der Waals surface area contributed by atoms with Crippen LogP contribution >= 0.6 is 11.6 Å². The van der Waals surface area contributed by atoms with E-state index in [2.05, 4.69) is 4.90 Å². The number of aliphatic hydroxyl groups excluding tert-OH is 1. The van der Waals surface area contributed by atoms with Crippen LogP contribution in [-0.4, -0.2) is 30.7 Å². The van der Waals surface area contributed by atoms with Crippen LogP contribution in [0.1, 0.15) is 11.1 Å². The Morgan fingerprint density at radius 2 is 2.07 bits per heavy atom. The van der Waals surface area contributed by atoms with Crippen LogP contribution in [-0.2, 0) is 13.0 Å². The molecule has 0 saturated carbocycles. The summed E-state index contributed by atoms with van der Waals surface area (Å²) in [5.74, 6) is 0. The van der Waals surface area contributed by atoms with Crippen LogP contribution < -0.4 is 0 Å². The smallest absolute Gasteiger partial charge is 0.0471 e. The van der Waals surface area contributed by atoms with Crippen molar-refractivity contribution >= 4 is 11.6 Å². The number of hydrogen-bond acceptors (Lipinski definition) is 2. The summed E-state index contributed by atoms with van der Waals surface area (Å²) in [5.41, 5.74) is 2.21. The summed E-state index contributed by atoms with van der Waals surface area (Å²) >= 11 is 6.10. The van der Waals surface area contributed by atoms with Crippen molar-refractivity contribution in [3.63, 3.8) is 0 Å². The van der Waals surface area contributed by atoms with Gasteiger partial charge < -0.3 is 10.0 Å². The van der Waals surface area contributed by atoms with Crippen molar-refractivity contribution in [2.24, 2.45) is 0 Å². The minimum atomic E-state index is 0.170. The maximum atomic E-state index is 8.77. The van der Waals surface area contributed by atoms with Gasteiger partial charge in [0.25, 0.3) is 0 Å². The highest BCUT2D eigenvalue weighted by Crippen LogP contribution is 2.19. The van der Waals surface area contributed by atoms with Crippen molar-refractivity contribution in [1.29, 1.82) is 0 Å². The number of aliphatic hydroxyl groups is 1. The summed E-state index contributed by atoms with van der Waals surface area (Å²) in [5, 5.41) is 9.56. The predicted molar refractivity (Wildman–Crippen MR) is 59.6 cm³/mol. The number of hydrogen-bond donors (Lipinski definition) is 1. The minimum absolute atomic E-state index is 0.170. The first-order valence-electron chi connectivity index (χ1n) is 4.66. The standard InChI is InChI=1S/C11H16ClNO/c1-13(2)8-10-4-3-9(5-6-14)7-11(10)12/h3-4,7,14H,5-6,8H2,1-2H3. The molecule has 0 amide bonds. The van der Waals surface area contributed by atoms with Gasteiger partial charge in [0.1, 0.15) is 0 Å². The number of nitrogens with zero attached hydrogens (tertiary/aromatic N) is 1. The van der Waals surface area contributed by atoms with Gasteiger partial charge in [0.15, 0.2) is 0 Å². The monoisotopic (exact) mass is 213 g/mol. The van der Waals surface area contributed by atoms with Crippen molar-refractivity contribution < 1.29 is 5.11 Å². The van der Waals surface area contributed by atoms with Gasteiger partial charge in [-0.3, -0.25) is 0 Å². The predicted octanol–water partition coefficient (Wildman–Crippen LogP) is 1.94. The van der Waals surface area contributed by atoms with Gasteiger partial charge in [0.2, 0.25) is 0 Å². The normalized spacial score (nSPS) is 10.9. The van der Waals surface area contributed by atoms with E-state index < -0.39 is 0 Å². The molecular formula is C11H16ClNO. The molecule has 0 saturated heterocycles. The van der Waals surface area contributed by atoms with Gasteiger partial charge in [-0.1, -0.05) is 23.7 Å². The van der Waals surface area contributed by atoms with Crippen LogP contribution in [0.4, 0.5) is 0 Å². The Hall–Kier alpha value is -0.570. The minimum Gasteiger partial charge on any atom is -0.396 e. The van der Waals surface area contributed by atoms with E-state index >= 15 is 0 Å². The Labute approximate surface area is 90.1 Å². The fourth-order valence-electron chi connectivity index (χ4n) is 1.34. The summed E-state index contributed by atoms with van der Waals surface area (Å²) in [6, 6.07) is 5.96. The van der Waals surface area contributed by atoms with E-state index in [1.165, 1.54) is 0 Å². The van der Waals surface area contributed by atoms with Gasteiger partial charge in [-0.25, -0.2) is 0 Å². The zero-order valence-electron chi connectivity index (χ0n) is 8.63. The molecule has 1 aromatic carbocycles. The van der Waals surface area contributed by atoms with Crippen molar-refractivity contribution in [2.75, 3.05) is 20.7 Å². The molecule has 0 atom stereocenters. The molecule has 0 aliphatic heterocycles. The first-order chi connectivity index (χ1) is 6.63. The van der Waals surface area contributed by atoms with E-state index in [1.807, 2.05) is 32.3 Å². The highest BCUT2D eigenvalue weighted by Gasteiger charge is 2.02. The largest absolute Gasteiger partial charge is 0.396 e. The molecule has 1 N–H and O–H groups in total. The van der Waals surface area contributed by atoms with E-state index in [-0.39, 0.29) is 6.61 Å². The van der Waals surface area contributed by atoms with E-state index in [9.17, 15) is 0 Å². The van der Waals surface area contributed by atoms with Crippen molar-refractivity contribution in [3.05, 3.63) is 34.3 Å². The molecule has 3 heteroatoms. The summed E-state index contributed by atoms with van der Waals surface area (Å²) in [7, 11) is 4.02. The topological polar surface area (TPSA) is 23.5 Å². The van der Waals surface area contributed by atoms with Crippen LogP contribution in [0.3, 0.4) is 0 Å². The fraction of sp³-hybridized carbons (Fsp3) is 0.455. The second-order valence-electron chi connectivity index (χ2n) is 3.64. The fourth-order valence-corrected chi connectivity index (χ4v) is 1.61. The average Bonchev–Trinajstić information content (AvgIpc) is 2.10. The molecule has 1 rings (SSSR count). The summed E-state index contributed by atoms with van der Waals surface area (Å²) in [4.78, 5) is 2.08. The van der Waals surface area contributed by atoms with Crippen LogP contribution in [0.5, 0.6) is 0 Å². The molecule has 0 bridgehead atoms. The lowest BCUT2D eigenvalue weighted by molar-refractivity contribution is 0.299. The average molecular weight is 214 g/mol. The van der Waals surface area contributed by atoms with E-state index in [0.717, 1.165) is 22.7 Å². The molecule has 0 fully saturated rings. The maximum absolute atomic E-state index is 8.77. The van der Waals surface area contributed by atoms with Gasteiger partial charge in [0.05, 0.1) is 0 Å². The lowest BCUT2D eigenvalue weighted by atomic mass is 10.1. The quantitative estimate of drug-likeness (QED) is 0.827. The highest BCUT2D eigenvalue weighted by molar-refractivity contribution is 6.31. The lowest BCUT2D eigenvalue weighted by Crippen LogP contribution is -2.11. The SMILES string of the molecule is CN(C)Cc1ccc(CCO)cc1Cl. The molecule has 0 heterocycles. The number of rotatable bonds is 4. The van der Waals surface area contributed by atoms with Crippen LogP contribution in [0.2, 0.25) is 5.02 Å². The third kappa shape index (κ3) is 3.29. The Morgan fingerprint density at radius 1 is 1.36 bits per heavy atom. The molecule has 0 aliphatic rings. The van der Waals surface area contributed by atoms with Crippen LogP contribution in [0.15, 0.2) is 18.2 Å². The molecule has 2 nitrogen and oxygen atoms in total. The molecule has 0 spiro atoms. The zero-order valence-corrected chi connectivity index (χ0v) is 9.38. The molecule has 14 heavy (non-hydrogen) atoms. The summed E-state index contributed by atoms with van der Waals surface area (Å²) in [6.07, 6.45) is 0.669. The van der Waals surface area contributed by atoms with Gasteiger partial charge >= 0.3 is 0 Å². The Morgan fingerprint density at radius 3 is 2.57 bits per heavy atom. The second kappa shape index (κ2) is 5.35. The van der Waals surface area contributed by atoms with E-state index in [0.29, 0.717) is 6.42 Å². The van der Waals surface area contributed by atoms with Crippen molar-refractivity contribution in [3.8, 4) is 0 Å². The van der Waals surface area contributed by atoms with E-state index in [4.69, 9.17) is 16.7 Å². The lowest BCUT2D eigenvalue weighted by Gasteiger charge is -2.11. The number of halogens is 1. The molecular weight excluding hydrogens is 198 g/mol.